The van der Waals surface area contributed by atoms with Gasteiger partial charge in [-0.2, -0.15) is 0 Å². The molecule has 0 heterocycles. The van der Waals surface area contributed by atoms with E-state index in [1.807, 2.05) is 0 Å². The van der Waals surface area contributed by atoms with E-state index < -0.39 is 0 Å². The van der Waals surface area contributed by atoms with Gasteiger partial charge in [0.2, 0.25) is 0 Å². The molecule has 0 aliphatic carbocycles. The Kier molecular flexibility index (Phi) is 11.9. The summed E-state index contributed by atoms with van der Waals surface area (Å²) in [7, 11) is 0. The smallest absolute Gasteiger partial charge is 0.264 e. The second kappa shape index (κ2) is 14.5. The van der Waals surface area contributed by atoms with Crippen molar-refractivity contribution in [2.24, 2.45) is 43.6 Å². The molecule has 0 aromatic heterocycles. The number of carbonyl (C=O) groups is 1. The van der Waals surface area contributed by atoms with Gasteiger partial charge in [-0.3, -0.25) is 20.1 Å². The van der Waals surface area contributed by atoms with Gasteiger partial charge < -0.3 is 33.4 Å². The van der Waals surface area contributed by atoms with Crippen LogP contribution in [0.25, 0.3) is 0 Å². The molecule has 0 atom stereocenters. The molecule has 0 radical (unpaired) electrons. The monoisotopic (exact) mass is 419 g/mol. The van der Waals surface area contributed by atoms with Crippen molar-refractivity contribution in [1.82, 2.24) is 5.32 Å². The first-order valence-corrected chi connectivity index (χ1v) is 9.84. The average Bonchev–Trinajstić information content (AvgIpc) is 2.68. The van der Waals surface area contributed by atoms with E-state index in [1.54, 1.807) is 24.3 Å². The molecular formula is C19H33N9O2. The molecule has 1 rings (SSSR count). The number of ether oxygens (including phenoxy) is 1. The summed E-state index contributed by atoms with van der Waals surface area (Å²) in [5.74, 6) is 0.322. The van der Waals surface area contributed by atoms with E-state index in [2.05, 4.69) is 20.3 Å². The molecule has 30 heavy (non-hydrogen) atoms. The predicted molar refractivity (Wildman–Crippen MR) is 120 cm³/mol. The second-order valence-corrected chi connectivity index (χ2v) is 6.56. The van der Waals surface area contributed by atoms with Gasteiger partial charge in [-0.1, -0.05) is 25.7 Å². The zero-order chi connectivity index (χ0) is 22.2. The zero-order valence-corrected chi connectivity index (χ0v) is 17.2. The molecule has 0 aliphatic rings. The van der Waals surface area contributed by atoms with Crippen LogP contribution >= 0.6 is 0 Å². The maximum absolute atomic E-state index is 11.9. The van der Waals surface area contributed by atoms with E-state index in [-0.39, 0.29) is 30.4 Å². The topological polar surface area (TPSA) is 206 Å². The molecule has 1 amide bonds. The molecule has 0 saturated carbocycles. The molecule has 11 nitrogen and oxygen atoms in total. The minimum absolute atomic E-state index is 0.0303. The van der Waals surface area contributed by atoms with E-state index >= 15 is 0 Å². The Morgan fingerprint density at radius 1 is 0.800 bits per heavy atom. The van der Waals surface area contributed by atoms with Gasteiger partial charge in [0, 0.05) is 13.1 Å². The Bertz CT molecular complexity index is 722. The SMILES string of the molecule is NC(N)=NCCCCCCCCN=C(N)NC(=O)COc1ccc(N=C(N)N)cc1. The van der Waals surface area contributed by atoms with Crippen LogP contribution in [0.4, 0.5) is 5.69 Å². The van der Waals surface area contributed by atoms with E-state index in [1.165, 1.54) is 0 Å². The van der Waals surface area contributed by atoms with Crippen LogP contribution in [0.3, 0.4) is 0 Å². The van der Waals surface area contributed by atoms with Gasteiger partial charge in [-0.25, -0.2) is 4.99 Å². The van der Waals surface area contributed by atoms with Crippen molar-refractivity contribution in [3.05, 3.63) is 24.3 Å². The summed E-state index contributed by atoms with van der Waals surface area (Å²) in [4.78, 5) is 23.9. The number of aliphatic imine (C=N–C) groups is 3. The maximum Gasteiger partial charge on any atom is 0.264 e. The fraction of sp³-hybridized carbons (Fsp3) is 0.474. The number of hydrogen-bond donors (Lipinski definition) is 6. The predicted octanol–water partition coefficient (Wildman–Crippen LogP) is 0.0152. The largest absolute Gasteiger partial charge is 0.484 e. The molecule has 0 fully saturated rings. The van der Waals surface area contributed by atoms with Gasteiger partial charge in [-0.05, 0) is 37.1 Å². The quantitative estimate of drug-likeness (QED) is 0.146. The normalized spacial score (nSPS) is 10.9. The molecule has 0 saturated heterocycles. The number of nitrogens with two attached hydrogens (primary N) is 5. The van der Waals surface area contributed by atoms with Crippen molar-refractivity contribution in [3.8, 4) is 5.75 Å². The number of guanidine groups is 3. The Labute approximate surface area is 176 Å². The van der Waals surface area contributed by atoms with E-state index in [4.69, 9.17) is 33.4 Å². The summed E-state index contributed by atoms with van der Waals surface area (Å²) in [5, 5.41) is 2.50. The van der Waals surface area contributed by atoms with Crippen LogP contribution in [0.1, 0.15) is 38.5 Å². The molecule has 0 spiro atoms. The summed E-state index contributed by atoms with van der Waals surface area (Å²) in [6, 6.07) is 6.67. The molecule has 1 aromatic carbocycles. The summed E-state index contributed by atoms with van der Waals surface area (Å²) >= 11 is 0. The van der Waals surface area contributed by atoms with Crippen LogP contribution in [-0.4, -0.2) is 43.5 Å². The Balaban J connectivity index is 2.13. The Hall–Kier alpha value is -3.50. The first kappa shape index (κ1) is 24.5. The Morgan fingerprint density at radius 3 is 1.93 bits per heavy atom. The lowest BCUT2D eigenvalue weighted by atomic mass is 10.1. The second-order valence-electron chi connectivity index (χ2n) is 6.56. The number of unbranched alkanes of at least 4 members (excludes halogenated alkanes) is 5. The molecule has 166 valence electrons. The lowest BCUT2D eigenvalue weighted by molar-refractivity contribution is -0.121. The van der Waals surface area contributed by atoms with Crippen molar-refractivity contribution in [2.75, 3.05) is 19.7 Å². The highest BCUT2D eigenvalue weighted by Crippen LogP contribution is 2.17. The van der Waals surface area contributed by atoms with Crippen LogP contribution in [0, 0.1) is 0 Å². The van der Waals surface area contributed by atoms with Gasteiger partial charge in [-0.15, -0.1) is 0 Å². The number of amides is 1. The standard InChI is InChI=1S/C19H33N9O2/c20-17(21)25-11-5-3-1-2-4-6-12-26-19(24)28-16(29)13-30-15-9-7-14(8-10-15)27-18(22)23/h7-10H,1-6,11-13H2,(H4,20,21,25)(H4,22,23,27)(H3,24,26,28,29). The van der Waals surface area contributed by atoms with Gasteiger partial charge >= 0.3 is 0 Å². The van der Waals surface area contributed by atoms with Crippen LogP contribution in [0.5, 0.6) is 5.75 Å². The van der Waals surface area contributed by atoms with E-state index in [0.29, 0.717) is 24.5 Å². The van der Waals surface area contributed by atoms with Crippen molar-refractivity contribution < 1.29 is 9.53 Å². The molecule has 0 aliphatic heterocycles. The third kappa shape index (κ3) is 12.8. The molecule has 0 bridgehead atoms. The number of rotatable bonds is 13. The average molecular weight is 420 g/mol. The summed E-state index contributed by atoms with van der Waals surface area (Å²) in [6.07, 6.45) is 6.27. The van der Waals surface area contributed by atoms with Gasteiger partial charge in [0.15, 0.2) is 24.5 Å². The van der Waals surface area contributed by atoms with Crippen molar-refractivity contribution in [2.45, 2.75) is 38.5 Å². The molecule has 0 unspecified atom stereocenters. The summed E-state index contributed by atoms with van der Waals surface area (Å²) in [5.41, 5.74) is 27.5. The fourth-order valence-corrected chi connectivity index (χ4v) is 2.47. The number of nitrogens with zero attached hydrogens (tertiary/aromatic N) is 3. The minimum atomic E-state index is -0.384. The molecular weight excluding hydrogens is 386 g/mol. The Morgan fingerprint density at radius 2 is 1.37 bits per heavy atom. The van der Waals surface area contributed by atoms with Crippen LogP contribution in [-0.2, 0) is 4.79 Å². The fourth-order valence-electron chi connectivity index (χ4n) is 2.47. The van der Waals surface area contributed by atoms with Crippen molar-refractivity contribution in [1.29, 1.82) is 0 Å². The number of benzene rings is 1. The van der Waals surface area contributed by atoms with Crippen molar-refractivity contribution in [3.63, 3.8) is 0 Å². The maximum atomic E-state index is 11.9. The van der Waals surface area contributed by atoms with Crippen molar-refractivity contribution >= 4 is 29.5 Å². The first-order chi connectivity index (χ1) is 14.4. The number of hydrogen-bond acceptors (Lipinski definition) is 5. The van der Waals surface area contributed by atoms with Gasteiger partial charge in [0.25, 0.3) is 5.91 Å². The zero-order valence-electron chi connectivity index (χ0n) is 17.2. The first-order valence-electron chi connectivity index (χ1n) is 9.84. The number of nitrogens with one attached hydrogen (secondary N) is 1. The number of carbonyl (C=O) groups excluding carboxylic acids is 1. The highest BCUT2D eigenvalue weighted by Gasteiger charge is 2.04. The summed E-state index contributed by atoms with van der Waals surface area (Å²) in [6.45, 7) is 1.06. The van der Waals surface area contributed by atoms with E-state index in [0.717, 1.165) is 38.5 Å². The highest BCUT2D eigenvalue weighted by atomic mass is 16.5. The third-order valence-electron chi connectivity index (χ3n) is 3.88. The minimum Gasteiger partial charge on any atom is -0.484 e. The van der Waals surface area contributed by atoms with Gasteiger partial charge in [0.1, 0.15) is 5.75 Å². The third-order valence-corrected chi connectivity index (χ3v) is 3.88. The summed E-state index contributed by atoms with van der Waals surface area (Å²) < 4.78 is 5.38. The lowest BCUT2D eigenvalue weighted by Gasteiger charge is -2.07. The van der Waals surface area contributed by atoms with Crippen LogP contribution in [0.15, 0.2) is 39.2 Å². The van der Waals surface area contributed by atoms with Crippen LogP contribution < -0.4 is 38.7 Å². The van der Waals surface area contributed by atoms with Crippen LogP contribution in [0.2, 0.25) is 0 Å². The van der Waals surface area contributed by atoms with E-state index in [9.17, 15) is 4.79 Å². The molecule has 11 heteroatoms. The molecule has 11 N–H and O–H groups in total. The molecule has 1 aromatic rings. The van der Waals surface area contributed by atoms with Gasteiger partial charge in [0.05, 0.1) is 5.69 Å². The lowest BCUT2D eigenvalue weighted by Crippen LogP contribution is -2.39. The highest BCUT2D eigenvalue weighted by molar-refractivity contribution is 5.96.